The van der Waals surface area contributed by atoms with E-state index >= 15 is 0 Å². The third kappa shape index (κ3) is 3.76. The van der Waals surface area contributed by atoms with Crippen LogP contribution in [0.25, 0.3) is 0 Å². The smallest absolute Gasteiger partial charge is 0.123 e. The first-order valence-electron chi connectivity index (χ1n) is 7.72. The normalized spacial score (nSPS) is 18.8. The van der Waals surface area contributed by atoms with Gasteiger partial charge in [-0.15, -0.1) is 0 Å². The molecular weight excluding hydrogens is 246 g/mol. The Bertz CT molecular complexity index is 471. The summed E-state index contributed by atoms with van der Waals surface area (Å²) in [4.78, 5) is 0. The second-order valence-corrected chi connectivity index (χ2v) is 7.77. The second-order valence-electron chi connectivity index (χ2n) is 7.77. The van der Waals surface area contributed by atoms with Gasteiger partial charge in [-0.25, -0.2) is 0 Å². The molecule has 0 fully saturated rings. The number of benzene rings is 1. The molecule has 2 heteroatoms. The second kappa shape index (κ2) is 5.40. The van der Waals surface area contributed by atoms with E-state index in [1.165, 1.54) is 11.1 Å². The number of rotatable bonds is 4. The molecular formula is C18H29NO. The van der Waals surface area contributed by atoms with E-state index in [2.05, 4.69) is 65.1 Å². The first-order valence-corrected chi connectivity index (χ1v) is 7.72. The Morgan fingerprint density at radius 2 is 1.90 bits per heavy atom. The van der Waals surface area contributed by atoms with Gasteiger partial charge in [0.2, 0.25) is 0 Å². The van der Waals surface area contributed by atoms with E-state index in [-0.39, 0.29) is 11.0 Å². The first kappa shape index (κ1) is 15.4. The molecule has 1 aromatic carbocycles. The Morgan fingerprint density at radius 3 is 2.55 bits per heavy atom. The van der Waals surface area contributed by atoms with Gasteiger partial charge in [0.05, 0.1) is 0 Å². The van der Waals surface area contributed by atoms with E-state index in [0.717, 1.165) is 25.1 Å². The number of nitrogens with one attached hydrogen (secondary N) is 1. The van der Waals surface area contributed by atoms with Crippen LogP contribution in [0.1, 0.15) is 59.1 Å². The molecule has 0 spiro atoms. The molecule has 2 rings (SSSR count). The molecule has 1 aromatic rings. The summed E-state index contributed by atoms with van der Waals surface area (Å²) < 4.78 is 5.79. The van der Waals surface area contributed by atoms with Gasteiger partial charge in [-0.3, -0.25) is 0 Å². The molecule has 1 aliphatic heterocycles. The molecule has 1 heterocycles. The van der Waals surface area contributed by atoms with Crippen molar-refractivity contribution >= 4 is 0 Å². The number of fused-ring (bicyclic) bond motifs is 1. The average Bonchev–Trinajstić information content (AvgIpc) is 2.65. The van der Waals surface area contributed by atoms with Crippen molar-refractivity contribution in [2.75, 3.05) is 6.54 Å². The van der Waals surface area contributed by atoms with Crippen LogP contribution in [-0.4, -0.2) is 18.2 Å². The monoisotopic (exact) mass is 275 g/mol. The summed E-state index contributed by atoms with van der Waals surface area (Å²) in [7, 11) is 0. The molecule has 1 unspecified atom stereocenters. The van der Waals surface area contributed by atoms with Gasteiger partial charge in [0.1, 0.15) is 11.9 Å². The third-order valence-electron chi connectivity index (χ3n) is 4.08. The van der Waals surface area contributed by atoms with Crippen LogP contribution >= 0.6 is 0 Å². The molecule has 1 N–H and O–H groups in total. The van der Waals surface area contributed by atoms with Crippen LogP contribution in [0.3, 0.4) is 0 Å². The summed E-state index contributed by atoms with van der Waals surface area (Å²) in [5, 5.41) is 3.58. The lowest BCUT2D eigenvalue weighted by Gasteiger charge is -2.28. The van der Waals surface area contributed by atoms with Crippen molar-refractivity contribution in [3.05, 3.63) is 29.3 Å². The van der Waals surface area contributed by atoms with E-state index < -0.39 is 0 Å². The molecule has 0 aromatic heterocycles. The zero-order valence-electron chi connectivity index (χ0n) is 13.8. The van der Waals surface area contributed by atoms with Crippen LogP contribution < -0.4 is 10.1 Å². The highest BCUT2D eigenvalue weighted by Crippen LogP contribution is 2.34. The van der Waals surface area contributed by atoms with Gasteiger partial charge < -0.3 is 10.1 Å². The van der Waals surface area contributed by atoms with E-state index in [9.17, 15) is 0 Å². The molecule has 0 saturated heterocycles. The fourth-order valence-electron chi connectivity index (χ4n) is 2.74. The van der Waals surface area contributed by atoms with Gasteiger partial charge in [0, 0.05) is 12.0 Å². The summed E-state index contributed by atoms with van der Waals surface area (Å²) in [6.07, 6.45) is 2.50. The lowest BCUT2D eigenvalue weighted by Crippen LogP contribution is -2.38. The van der Waals surface area contributed by atoms with Gasteiger partial charge >= 0.3 is 0 Å². The Kier molecular flexibility index (Phi) is 4.15. The summed E-state index contributed by atoms with van der Waals surface area (Å²) in [5.41, 5.74) is 3.17. The van der Waals surface area contributed by atoms with E-state index in [0.29, 0.717) is 6.10 Å². The molecule has 20 heavy (non-hydrogen) atoms. The summed E-state index contributed by atoms with van der Waals surface area (Å²) in [6, 6.07) is 6.72. The van der Waals surface area contributed by atoms with Gasteiger partial charge in [0.15, 0.2) is 0 Å². The van der Waals surface area contributed by atoms with E-state index in [4.69, 9.17) is 4.74 Å². The largest absolute Gasteiger partial charge is 0.490 e. The minimum absolute atomic E-state index is 0.192. The number of hydrogen-bond donors (Lipinski definition) is 1. The zero-order valence-corrected chi connectivity index (χ0v) is 13.8. The highest BCUT2D eigenvalue weighted by atomic mass is 16.5. The van der Waals surface area contributed by atoms with Gasteiger partial charge in [-0.2, -0.15) is 0 Å². The molecule has 0 saturated carbocycles. The molecule has 112 valence electrons. The van der Waals surface area contributed by atoms with Crippen molar-refractivity contribution in [3.63, 3.8) is 0 Å². The van der Waals surface area contributed by atoms with Crippen LogP contribution in [0.15, 0.2) is 18.2 Å². The van der Waals surface area contributed by atoms with Gasteiger partial charge in [-0.05, 0) is 63.3 Å². The van der Waals surface area contributed by atoms with Crippen LogP contribution in [0.2, 0.25) is 0 Å². The van der Waals surface area contributed by atoms with E-state index in [1.54, 1.807) is 0 Å². The van der Waals surface area contributed by atoms with Crippen LogP contribution in [0, 0.1) is 0 Å². The van der Waals surface area contributed by atoms with Crippen molar-refractivity contribution in [2.45, 2.75) is 71.4 Å². The Labute approximate surface area is 123 Å². The molecule has 0 bridgehead atoms. The number of hydrogen-bond acceptors (Lipinski definition) is 2. The molecule has 1 atom stereocenters. The quantitative estimate of drug-likeness (QED) is 0.894. The molecule has 2 nitrogen and oxygen atoms in total. The molecule has 0 radical (unpaired) electrons. The van der Waals surface area contributed by atoms with Crippen molar-refractivity contribution in [1.29, 1.82) is 0 Å². The molecule has 0 amide bonds. The predicted molar refractivity (Wildman–Crippen MR) is 85.6 cm³/mol. The van der Waals surface area contributed by atoms with Crippen molar-refractivity contribution in [1.82, 2.24) is 5.32 Å². The summed E-state index contributed by atoms with van der Waals surface area (Å²) >= 11 is 0. The zero-order chi connectivity index (χ0) is 15.0. The first-order chi connectivity index (χ1) is 9.17. The van der Waals surface area contributed by atoms with Gasteiger partial charge in [0.25, 0.3) is 0 Å². The lowest BCUT2D eigenvalue weighted by atomic mass is 9.80. The third-order valence-corrected chi connectivity index (χ3v) is 4.08. The standard InChI is InChI=1S/C18H29NO/c1-13-11-14-12-15(7-8-16(14)20-13)18(5,6)9-10-19-17(2,3)4/h7-8,12-13,19H,9-11H2,1-6H3. The molecule has 0 aliphatic carbocycles. The highest BCUT2D eigenvalue weighted by Gasteiger charge is 2.25. The minimum atomic E-state index is 0.192. The summed E-state index contributed by atoms with van der Waals surface area (Å²) in [6.45, 7) is 14.5. The lowest BCUT2D eigenvalue weighted by molar-refractivity contribution is 0.254. The van der Waals surface area contributed by atoms with E-state index in [1.807, 2.05) is 0 Å². The van der Waals surface area contributed by atoms with Crippen LogP contribution in [0.4, 0.5) is 0 Å². The fourth-order valence-corrected chi connectivity index (χ4v) is 2.74. The maximum absolute atomic E-state index is 5.79. The van der Waals surface area contributed by atoms with Crippen molar-refractivity contribution in [3.8, 4) is 5.75 Å². The van der Waals surface area contributed by atoms with Crippen molar-refractivity contribution in [2.24, 2.45) is 0 Å². The average molecular weight is 275 g/mol. The molecule has 1 aliphatic rings. The number of ether oxygens (including phenoxy) is 1. The fraction of sp³-hybridized carbons (Fsp3) is 0.667. The maximum atomic E-state index is 5.79. The van der Waals surface area contributed by atoms with Crippen molar-refractivity contribution < 1.29 is 4.74 Å². The Hall–Kier alpha value is -1.02. The highest BCUT2D eigenvalue weighted by molar-refractivity contribution is 5.42. The van der Waals surface area contributed by atoms with Crippen LogP contribution in [-0.2, 0) is 11.8 Å². The summed E-state index contributed by atoms with van der Waals surface area (Å²) in [5.74, 6) is 1.07. The topological polar surface area (TPSA) is 21.3 Å². The van der Waals surface area contributed by atoms with Gasteiger partial charge in [-0.1, -0.05) is 26.0 Å². The van der Waals surface area contributed by atoms with Crippen LogP contribution in [0.5, 0.6) is 5.75 Å². The minimum Gasteiger partial charge on any atom is -0.490 e. The maximum Gasteiger partial charge on any atom is 0.123 e. The predicted octanol–water partition coefficient (Wildman–Crippen LogP) is 4.07. The Balaban J connectivity index is 2.04. The SMILES string of the molecule is CC1Cc2cc(C(C)(C)CCNC(C)(C)C)ccc2O1. The Morgan fingerprint density at radius 1 is 1.20 bits per heavy atom.